The number of rotatable bonds is 2. The zero-order chi connectivity index (χ0) is 16.7. The number of fused-ring (bicyclic) bond motifs is 1. The Morgan fingerprint density at radius 3 is 2.54 bits per heavy atom. The largest absolute Gasteiger partial charge is 0.493 e. The summed E-state index contributed by atoms with van der Waals surface area (Å²) in [5.74, 6) is 0.283. The molecule has 0 amide bonds. The fourth-order valence-electron chi connectivity index (χ4n) is 3.80. The van der Waals surface area contributed by atoms with Crippen LogP contribution in [-0.4, -0.2) is 64.0 Å². The number of likely N-dealkylation sites (N-methyl/N-ethyl adjacent to an activating group) is 1. The van der Waals surface area contributed by atoms with E-state index in [1.807, 2.05) is 24.3 Å². The predicted molar refractivity (Wildman–Crippen MR) is 95.1 cm³/mol. The highest BCUT2D eigenvalue weighted by Gasteiger charge is 2.31. The summed E-state index contributed by atoms with van der Waals surface area (Å²) in [7, 11) is 2.18. The standard InChI is InChI=1S/C18H23ClN4O/c1-21-8-10-22(11-9-21)15-6-7-17-16(12-15)18(24)23(20-17)14-4-2-13(19)3-5-14/h2-5,15,24H,6-12H2,1H3. The maximum atomic E-state index is 10.7. The summed E-state index contributed by atoms with van der Waals surface area (Å²) < 4.78 is 1.65. The second-order valence-electron chi connectivity index (χ2n) is 6.87. The van der Waals surface area contributed by atoms with Crippen LogP contribution in [0.5, 0.6) is 5.88 Å². The normalized spacial score (nSPS) is 22.5. The summed E-state index contributed by atoms with van der Waals surface area (Å²) in [6, 6.07) is 7.94. The fourth-order valence-corrected chi connectivity index (χ4v) is 3.92. The molecule has 128 valence electrons. The molecule has 6 heteroatoms. The van der Waals surface area contributed by atoms with Crippen molar-refractivity contribution >= 4 is 11.6 Å². The summed E-state index contributed by atoms with van der Waals surface area (Å²) in [4.78, 5) is 4.95. The zero-order valence-electron chi connectivity index (χ0n) is 14.0. The molecule has 1 unspecified atom stereocenters. The van der Waals surface area contributed by atoms with Crippen LogP contribution in [0.3, 0.4) is 0 Å². The number of hydrogen-bond acceptors (Lipinski definition) is 4. The third-order valence-corrected chi connectivity index (χ3v) is 5.57. The molecule has 1 saturated heterocycles. The Morgan fingerprint density at radius 1 is 1.12 bits per heavy atom. The molecule has 0 radical (unpaired) electrons. The van der Waals surface area contributed by atoms with E-state index in [1.165, 1.54) is 0 Å². The molecule has 1 fully saturated rings. The fraction of sp³-hybridized carbons (Fsp3) is 0.500. The molecule has 1 N–H and O–H groups in total. The Labute approximate surface area is 147 Å². The summed E-state index contributed by atoms with van der Waals surface area (Å²) in [6.07, 6.45) is 2.94. The monoisotopic (exact) mass is 346 g/mol. The minimum absolute atomic E-state index is 0.283. The van der Waals surface area contributed by atoms with Crippen LogP contribution >= 0.6 is 11.6 Å². The number of aromatic nitrogens is 2. The van der Waals surface area contributed by atoms with Crippen LogP contribution in [0.15, 0.2) is 24.3 Å². The van der Waals surface area contributed by atoms with Gasteiger partial charge < -0.3 is 10.0 Å². The van der Waals surface area contributed by atoms with Gasteiger partial charge in [-0.25, -0.2) is 4.68 Å². The van der Waals surface area contributed by atoms with Gasteiger partial charge in [-0.1, -0.05) is 11.6 Å². The molecular weight excluding hydrogens is 324 g/mol. The smallest absolute Gasteiger partial charge is 0.217 e. The maximum Gasteiger partial charge on any atom is 0.217 e. The number of nitrogens with zero attached hydrogens (tertiary/aromatic N) is 4. The van der Waals surface area contributed by atoms with Gasteiger partial charge in [0, 0.05) is 42.8 Å². The van der Waals surface area contributed by atoms with Crippen molar-refractivity contribution in [2.24, 2.45) is 0 Å². The average Bonchev–Trinajstić information content (AvgIpc) is 2.93. The van der Waals surface area contributed by atoms with E-state index in [0.717, 1.165) is 62.4 Å². The number of benzene rings is 1. The lowest BCUT2D eigenvalue weighted by molar-refractivity contribution is 0.103. The van der Waals surface area contributed by atoms with Crippen LogP contribution in [0, 0.1) is 0 Å². The van der Waals surface area contributed by atoms with Gasteiger partial charge in [-0.3, -0.25) is 4.90 Å². The van der Waals surface area contributed by atoms with E-state index >= 15 is 0 Å². The summed E-state index contributed by atoms with van der Waals surface area (Å²) in [5, 5.41) is 16.0. The Hall–Kier alpha value is -1.56. The molecule has 0 saturated carbocycles. The molecule has 1 aliphatic heterocycles. The van der Waals surface area contributed by atoms with E-state index in [2.05, 4.69) is 21.9 Å². The molecule has 1 aliphatic carbocycles. The topological polar surface area (TPSA) is 44.5 Å². The first-order chi connectivity index (χ1) is 11.6. The maximum absolute atomic E-state index is 10.7. The van der Waals surface area contributed by atoms with E-state index in [-0.39, 0.29) is 5.88 Å². The van der Waals surface area contributed by atoms with Crippen LogP contribution in [0.2, 0.25) is 5.02 Å². The van der Waals surface area contributed by atoms with Crippen LogP contribution < -0.4 is 0 Å². The SMILES string of the molecule is CN1CCN(C2CCc3nn(-c4ccc(Cl)cc4)c(O)c3C2)CC1. The zero-order valence-corrected chi connectivity index (χ0v) is 14.7. The second-order valence-corrected chi connectivity index (χ2v) is 7.31. The van der Waals surface area contributed by atoms with Crippen molar-refractivity contribution in [3.63, 3.8) is 0 Å². The summed E-state index contributed by atoms with van der Waals surface area (Å²) in [6.45, 7) is 4.48. The second kappa shape index (κ2) is 6.39. The molecular formula is C18H23ClN4O. The van der Waals surface area contributed by atoms with Gasteiger partial charge in [0.05, 0.1) is 11.4 Å². The lowest BCUT2D eigenvalue weighted by atomic mass is 9.91. The minimum Gasteiger partial charge on any atom is -0.493 e. The Bertz CT molecular complexity index is 719. The Balaban J connectivity index is 1.57. The minimum atomic E-state index is 0.283. The molecule has 2 aromatic rings. The van der Waals surface area contributed by atoms with Crippen LogP contribution in [0.4, 0.5) is 0 Å². The van der Waals surface area contributed by atoms with Gasteiger partial charge in [0.1, 0.15) is 0 Å². The summed E-state index contributed by atoms with van der Waals surface area (Å²) >= 11 is 5.95. The number of piperazine rings is 1. The lowest BCUT2D eigenvalue weighted by Crippen LogP contribution is -2.50. The Morgan fingerprint density at radius 2 is 1.83 bits per heavy atom. The number of halogens is 1. The third kappa shape index (κ3) is 2.92. The first-order valence-corrected chi connectivity index (χ1v) is 8.98. The summed E-state index contributed by atoms with van der Waals surface area (Å²) in [5.41, 5.74) is 2.90. The van der Waals surface area contributed by atoms with E-state index in [0.29, 0.717) is 11.1 Å². The van der Waals surface area contributed by atoms with Crippen LogP contribution in [-0.2, 0) is 12.8 Å². The molecule has 0 spiro atoms. The molecule has 2 aliphatic rings. The number of aryl methyl sites for hydroxylation is 1. The van der Waals surface area contributed by atoms with E-state index in [9.17, 15) is 5.11 Å². The highest BCUT2D eigenvalue weighted by Crippen LogP contribution is 2.33. The quantitative estimate of drug-likeness (QED) is 0.906. The van der Waals surface area contributed by atoms with Crippen molar-refractivity contribution in [1.29, 1.82) is 0 Å². The molecule has 24 heavy (non-hydrogen) atoms. The third-order valence-electron chi connectivity index (χ3n) is 5.32. The predicted octanol–water partition coefficient (Wildman–Crippen LogP) is 2.34. The number of aromatic hydroxyl groups is 1. The van der Waals surface area contributed by atoms with Crippen molar-refractivity contribution in [3.8, 4) is 11.6 Å². The molecule has 1 atom stereocenters. The van der Waals surface area contributed by atoms with Gasteiger partial charge >= 0.3 is 0 Å². The molecule has 5 nitrogen and oxygen atoms in total. The van der Waals surface area contributed by atoms with Crippen molar-refractivity contribution in [2.75, 3.05) is 33.2 Å². The molecule has 4 rings (SSSR count). The van der Waals surface area contributed by atoms with Gasteiger partial charge in [-0.05, 0) is 50.6 Å². The highest BCUT2D eigenvalue weighted by atomic mass is 35.5. The lowest BCUT2D eigenvalue weighted by Gasteiger charge is -2.39. The van der Waals surface area contributed by atoms with Crippen molar-refractivity contribution < 1.29 is 5.11 Å². The van der Waals surface area contributed by atoms with Crippen molar-refractivity contribution in [3.05, 3.63) is 40.5 Å². The van der Waals surface area contributed by atoms with Crippen LogP contribution in [0.25, 0.3) is 5.69 Å². The molecule has 0 bridgehead atoms. The molecule has 2 heterocycles. The van der Waals surface area contributed by atoms with Gasteiger partial charge in [0.15, 0.2) is 0 Å². The van der Waals surface area contributed by atoms with E-state index in [4.69, 9.17) is 11.6 Å². The van der Waals surface area contributed by atoms with E-state index in [1.54, 1.807) is 4.68 Å². The highest BCUT2D eigenvalue weighted by molar-refractivity contribution is 6.30. The first-order valence-electron chi connectivity index (χ1n) is 8.60. The average molecular weight is 347 g/mol. The van der Waals surface area contributed by atoms with Crippen molar-refractivity contribution in [1.82, 2.24) is 19.6 Å². The van der Waals surface area contributed by atoms with Gasteiger partial charge in [0.2, 0.25) is 5.88 Å². The Kier molecular flexibility index (Phi) is 4.24. The van der Waals surface area contributed by atoms with Crippen molar-refractivity contribution in [2.45, 2.75) is 25.3 Å². The van der Waals surface area contributed by atoms with E-state index < -0.39 is 0 Å². The van der Waals surface area contributed by atoms with Gasteiger partial charge in [-0.15, -0.1) is 0 Å². The van der Waals surface area contributed by atoms with Gasteiger partial charge in [0.25, 0.3) is 0 Å². The van der Waals surface area contributed by atoms with Crippen LogP contribution in [0.1, 0.15) is 17.7 Å². The first kappa shape index (κ1) is 15.9. The molecule has 1 aromatic heterocycles. The molecule has 1 aromatic carbocycles. The van der Waals surface area contributed by atoms with Gasteiger partial charge in [-0.2, -0.15) is 5.10 Å². The number of hydrogen-bond donors (Lipinski definition) is 1.